The second-order valence-corrected chi connectivity index (χ2v) is 8.57. The minimum absolute atomic E-state index is 0.0465. The fourth-order valence-electron chi connectivity index (χ4n) is 3.43. The van der Waals surface area contributed by atoms with Crippen molar-refractivity contribution in [3.05, 3.63) is 82.4 Å². The number of carbonyl (C=O) groups is 1. The number of benzene rings is 3. The number of ether oxygens (including phenoxy) is 2. The van der Waals surface area contributed by atoms with Gasteiger partial charge in [0.05, 0.1) is 31.1 Å². The summed E-state index contributed by atoms with van der Waals surface area (Å²) >= 11 is 1.15. The van der Waals surface area contributed by atoms with E-state index < -0.39 is 10.8 Å². The van der Waals surface area contributed by atoms with E-state index in [1.807, 2.05) is 41.0 Å². The monoisotopic (exact) mass is 534 g/mol. The Morgan fingerprint density at radius 1 is 1.11 bits per heavy atom. The number of methoxy groups -OCH3 is 2. The Bertz CT molecular complexity index is 1490. The van der Waals surface area contributed by atoms with Crippen LogP contribution >= 0.6 is 11.8 Å². The number of para-hydroxylation sites is 1. The van der Waals surface area contributed by atoms with Crippen molar-refractivity contribution < 1.29 is 24.3 Å². The molecule has 0 fully saturated rings. The molecule has 38 heavy (non-hydrogen) atoms. The molecular formula is C25H22N6O6S. The van der Waals surface area contributed by atoms with Crippen molar-refractivity contribution in [2.75, 3.05) is 20.0 Å². The first-order valence-electron chi connectivity index (χ1n) is 11.1. The first-order chi connectivity index (χ1) is 18.4. The molecule has 1 amide bonds. The molecular weight excluding hydrogens is 512 g/mol. The number of thioether (sulfide) groups is 1. The summed E-state index contributed by atoms with van der Waals surface area (Å²) < 4.78 is 12.6. The second-order valence-electron chi connectivity index (χ2n) is 7.63. The molecule has 4 rings (SSSR count). The molecule has 0 aliphatic rings. The quantitative estimate of drug-likeness (QED) is 0.134. The molecule has 2 N–H and O–H groups in total. The van der Waals surface area contributed by atoms with Gasteiger partial charge in [0.25, 0.3) is 11.6 Å². The molecule has 0 saturated heterocycles. The molecule has 12 nitrogen and oxygen atoms in total. The number of rotatable bonds is 10. The number of phenols is 1. The van der Waals surface area contributed by atoms with Gasteiger partial charge in [-0.25, -0.2) is 5.43 Å². The van der Waals surface area contributed by atoms with Crippen LogP contribution in [0.5, 0.6) is 17.2 Å². The molecule has 0 saturated carbocycles. The van der Waals surface area contributed by atoms with E-state index in [4.69, 9.17) is 9.47 Å². The van der Waals surface area contributed by atoms with E-state index in [1.165, 1.54) is 12.1 Å². The Labute approximate surface area is 221 Å². The maximum atomic E-state index is 12.4. The largest absolute Gasteiger partial charge is 0.507 e. The van der Waals surface area contributed by atoms with Gasteiger partial charge < -0.3 is 14.6 Å². The third-order valence-corrected chi connectivity index (χ3v) is 6.17. The highest BCUT2D eigenvalue weighted by atomic mass is 32.2. The number of carbonyl (C=O) groups excluding carboxylic acids is 1. The Morgan fingerprint density at radius 2 is 1.87 bits per heavy atom. The molecule has 0 spiro atoms. The molecule has 13 heteroatoms. The smallest absolute Gasteiger partial charge is 0.270 e. The maximum Gasteiger partial charge on any atom is 0.270 e. The Kier molecular flexibility index (Phi) is 8.18. The topological polar surface area (TPSA) is 154 Å². The zero-order chi connectivity index (χ0) is 27.1. The number of hydrogen-bond acceptors (Lipinski definition) is 10. The highest BCUT2D eigenvalue weighted by molar-refractivity contribution is 7.99. The van der Waals surface area contributed by atoms with Crippen molar-refractivity contribution in [1.82, 2.24) is 20.2 Å². The van der Waals surface area contributed by atoms with Crippen molar-refractivity contribution in [3.63, 3.8) is 0 Å². The van der Waals surface area contributed by atoms with Gasteiger partial charge in [-0.05, 0) is 36.4 Å². The fourth-order valence-corrected chi connectivity index (χ4v) is 4.17. The summed E-state index contributed by atoms with van der Waals surface area (Å²) in [5.41, 5.74) is 3.75. The number of non-ortho nitro benzene ring substituents is 1. The van der Waals surface area contributed by atoms with E-state index in [0.717, 1.165) is 35.3 Å². The Hall–Kier alpha value is -4.91. The molecule has 3 aromatic carbocycles. The Balaban J connectivity index is 1.53. The minimum atomic E-state index is -0.592. The number of nitrogens with zero attached hydrogens (tertiary/aromatic N) is 5. The number of hydrazone groups is 1. The summed E-state index contributed by atoms with van der Waals surface area (Å²) in [6, 6.07) is 18.4. The number of nitro groups is 1. The third kappa shape index (κ3) is 5.90. The SMILES string of the molecule is COc1ccc(-c2nnc(SCC(=O)N/N=C\c3cc([N+](=O)[O-])ccc3O)n2-c2ccccc2)cc1OC. The van der Waals surface area contributed by atoms with Gasteiger partial charge in [-0.3, -0.25) is 19.5 Å². The average Bonchev–Trinajstić information content (AvgIpc) is 3.36. The van der Waals surface area contributed by atoms with E-state index in [1.54, 1.807) is 26.4 Å². The zero-order valence-electron chi connectivity index (χ0n) is 20.3. The summed E-state index contributed by atoms with van der Waals surface area (Å²) in [6.07, 6.45) is 1.13. The van der Waals surface area contributed by atoms with E-state index in [2.05, 4.69) is 20.7 Å². The molecule has 1 heterocycles. The van der Waals surface area contributed by atoms with E-state index in [0.29, 0.717) is 22.5 Å². The molecule has 194 valence electrons. The van der Waals surface area contributed by atoms with Gasteiger partial charge in [0.2, 0.25) is 0 Å². The van der Waals surface area contributed by atoms with Crippen molar-refractivity contribution in [2.45, 2.75) is 5.16 Å². The van der Waals surface area contributed by atoms with Gasteiger partial charge in [-0.1, -0.05) is 30.0 Å². The van der Waals surface area contributed by atoms with Crippen LogP contribution in [0.25, 0.3) is 17.1 Å². The summed E-state index contributed by atoms with van der Waals surface area (Å²) in [7, 11) is 3.10. The third-order valence-electron chi connectivity index (χ3n) is 5.24. The second kappa shape index (κ2) is 11.9. The van der Waals surface area contributed by atoms with Gasteiger partial charge in [0.15, 0.2) is 22.5 Å². The van der Waals surface area contributed by atoms with Crippen LogP contribution in [0, 0.1) is 10.1 Å². The van der Waals surface area contributed by atoms with E-state index in [-0.39, 0.29) is 22.8 Å². The normalized spacial score (nSPS) is 10.9. The lowest BCUT2D eigenvalue weighted by Gasteiger charge is -2.12. The van der Waals surface area contributed by atoms with Gasteiger partial charge in [-0.15, -0.1) is 10.2 Å². The van der Waals surface area contributed by atoms with Gasteiger partial charge in [-0.2, -0.15) is 5.10 Å². The molecule has 0 unspecified atom stereocenters. The van der Waals surface area contributed by atoms with E-state index in [9.17, 15) is 20.0 Å². The van der Waals surface area contributed by atoms with Gasteiger partial charge >= 0.3 is 0 Å². The minimum Gasteiger partial charge on any atom is -0.507 e. The molecule has 0 atom stereocenters. The van der Waals surface area contributed by atoms with Crippen LogP contribution in [0.4, 0.5) is 5.69 Å². The van der Waals surface area contributed by atoms with Crippen molar-refractivity contribution in [1.29, 1.82) is 0 Å². The van der Waals surface area contributed by atoms with E-state index >= 15 is 0 Å². The fraction of sp³-hybridized carbons (Fsp3) is 0.120. The number of aromatic hydroxyl groups is 1. The highest BCUT2D eigenvalue weighted by Crippen LogP contribution is 2.34. The predicted octanol–water partition coefficient (Wildman–Crippen LogP) is 3.81. The molecule has 1 aromatic heterocycles. The number of nitrogens with one attached hydrogen (secondary N) is 1. The lowest BCUT2D eigenvalue weighted by Crippen LogP contribution is -2.20. The zero-order valence-corrected chi connectivity index (χ0v) is 21.1. The van der Waals surface area contributed by atoms with Crippen molar-refractivity contribution in [2.24, 2.45) is 5.10 Å². The lowest BCUT2D eigenvalue weighted by atomic mass is 10.2. The maximum absolute atomic E-state index is 12.4. The molecule has 4 aromatic rings. The number of phenolic OH excluding ortho intramolecular Hbond substituents is 1. The Morgan fingerprint density at radius 3 is 2.58 bits per heavy atom. The number of hydrogen-bond donors (Lipinski definition) is 2. The summed E-state index contributed by atoms with van der Waals surface area (Å²) in [6.45, 7) is 0. The number of amides is 1. The van der Waals surface area contributed by atoms with Crippen LogP contribution in [0.1, 0.15) is 5.56 Å². The number of aromatic nitrogens is 3. The predicted molar refractivity (Wildman–Crippen MR) is 141 cm³/mol. The van der Waals surface area contributed by atoms with Crippen LogP contribution in [-0.4, -0.2) is 56.9 Å². The molecule has 0 aliphatic carbocycles. The van der Waals surface area contributed by atoms with Crippen LogP contribution in [-0.2, 0) is 4.79 Å². The lowest BCUT2D eigenvalue weighted by molar-refractivity contribution is -0.384. The molecule has 0 radical (unpaired) electrons. The standard InChI is InChI=1S/C25H22N6O6S/c1-36-21-11-8-16(13-22(21)37-2)24-28-29-25(30(24)18-6-4-3-5-7-18)38-15-23(33)27-26-14-17-12-19(31(34)35)9-10-20(17)32/h3-14,32H,15H2,1-2H3,(H,27,33)/b26-14-. The van der Waals surface area contributed by atoms with Crippen LogP contribution in [0.15, 0.2) is 77.0 Å². The van der Waals surface area contributed by atoms with Crippen LogP contribution in [0.2, 0.25) is 0 Å². The summed E-state index contributed by atoms with van der Waals surface area (Å²) in [4.78, 5) is 22.8. The average molecular weight is 535 g/mol. The first kappa shape index (κ1) is 26.2. The highest BCUT2D eigenvalue weighted by Gasteiger charge is 2.19. The van der Waals surface area contributed by atoms with Crippen molar-refractivity contribution >= 4 is 29.6 Å². The van der Waals surface area contributed by atoms with Crippen LogP contribution in [0.3, 0.4) is 0 Å². The van der Waals surface area contributed by atoms with Gasteiger partial charge in [0, 0.05) is 28.9 Å². The number of nitro benzene ring substituents is 1. The van der Waals surface area contributed by atoms with Crippen molar-refractivity contribution in [3.8, 4) is 34.3 Å². The summed E-state index contributed by atoms with van der Waals surface area (Å²) in [5.74, 6) is 0.947. The molecule has 0 bridgehead atoms. The summed E-state index contributed by atoms with van der Waals surface area (Å²) in [5, 5.41) is 33.7. The first-order valence-corrected chi connectivity index (χ1v) is 12.0. The van der Waals surface area contributed by atoms with Gasteiger partial charge in [0.1, 0.15) is 5.75 Å². The van der Waals surface area contributed by atoms with Crippen LogP contribution < -0.4 is 14.9 Å². The molecule has 0 aliphatic heterocycles.